The average molecular weight is 263 g/mol. The zero-order chi connectivity index (χ0) is 12.8. The number of benzene rings is 1. The fourth-order valence-electron chi connectivity index (χ4n) is 1.68. The fraction of sp³-hybridized carbons (Fsp3) is 0.214. The third kappa shape index (κ3) is 3.22. The van der Waals surface area contributed by atoms with Crippen LogP contribution in [-0.4, -0.2) is 12.0 Å². The van der Waals surface area contributed by atoms with Crippen molar-refractivity contribution in [3.05, 3.63) is 58.9 Å². The maximum Gasteiger partial charge on any atom is 0.142 e. The van der Waals surface area contributed by atoms with Crippen LogP contribution in [0.4, 0.5) is 0 Å². The summed E-state index contributed by atoms with van der Waals surface area (Å²) in [6, 6.07) is 9.62. The van der Waals surface area contributed by atoms with Gasteiger partial charge >= 0.3 is 0 Å². The lowest BCUT2D eigenvalue weighted by Crippen LogP contribution is -2.08. The number of hydrogen-bond acceptors (Lipinski definition) is 3. The normalized spacial score (nSPS) is 10.3. The van der Waals surface area contributed by atoms with Crippen molar-refractivity contribution in [2.45, 2.75) is 13.2 Å². The Bertz CT molecular complexity index is 502. The summed E-state index contributed by atoms with van der Waals surface area (Å²) in [5.74, 6) is 0.741. The van der Waals surface area contributed by atoms with Crippen molar-refractivity contribution in [3.63, 3.8) is 0 Å². The molecule has 0 fully saturated rings. The minimum Gasteiger partial charge on any atom is -0.487 e. The Hall–Kier alpha value is -1.58. The molecule has 1 heterocycles. The van der Waals surface area contributed by atoms with Crippen molar-refractivity contribution in [1.29, 1.82) is 0 Å². The number of ether oxygens (including phenoxy) is 1. The highest BCUT2D eigenvalue weighted by Crippen LogP contribution is 2.29. The molecule has 2 aromatic rings. The number of pyridine rings is 1. The molecule has 3 nitrogen and oxygen atoms in total. The van der Waals surface area contributed by atoms with Crippen molar-refractivity contribution in [2.24, 2.45) is 0 Å². The number of para-hydroxylation sites is 1. The van der Waals surface area contributed by atoms with Gasteiger partial charge in [0, 0.05) is 24.5 Å². The predicted molar refractivity (Wildman–Crippen MR) is 72.8 cm³/mol. The molecule has 0 aliphatic carbocycles. The summed E-state index contributed by atoms with van der Waals surface area (Å²) >= 11 is 6.17. The minimum absolute atomic E-state index is 0.489. The van der Waals surface area contributed by atoms with E-state index in [-0.39, 0.29) is 0 Å². The molecule has 0 saturated carbocycles. The standard InChI is InChI=1S/C14H15ClN2O/c1-16-9-12-3-2-4-13(15)14(12)18-10-11-5-7-17-8-6-11/h2-8,16H,9-10H2,1H3. The zero-order valence-corrected chi connectivity index (χ0v) is 10.9. The first kappa shape index (κ1) is 12.9. The maximum atomic E-state index is 6.17. The number of nitrogens with zero attached hydrogens (tertiary/aromatic N) is 1. The summed E-state index contributed by atoms with van der Waals surface area (Å²) in [6.45, 7) is 1.22. The molecule has 0 radical (unpaired) electrons. The third-order valence-electron chi connectivity index (χ3n) is 2.55. The summed E-state index contributed by atoms with van der Waals surface area (Å²) in [6.07, 6.45) is 3.50. The highest BCUT2D eigenvalue weighted by Gasteiger charge is 2.07. The van der Waals surface area contributed by atoms with Gasteiger partial charge in [-0.2, -0.15) is 0 Å². The Kier molecular flexibility index (Phi) is 4.56. The van der Waals surface area contributed by atoms with E-state index in [4.69, 9.17) is 16.3 Å². The Balaban J connectivity index is 2.13. The van der Waals surface area contributed by atoms with E-state index in [9.17, 15) is 0 Å². The van der Waals surface area contributed by atoms with Gasteiger partial charge in [-0.15, -0.1) is 0 Å². The summed E-state index contributed by atoms with van der Waals surface area (Å²) in [7, 11) is 1.90. The van der Waals surface area contributed by atoms with Crippen LogP contribution in [-0.2, 0) is 13.2 Å². The van der Waals surface area contributed by atoms with Crippen molar-refractivity contribution in [3.8, 4) is 5.75 Å². The molecule has 1 aromatic heterocycles. The maximum absolute atomic E-state index is 6.17. The number of rotatable bonds is 5. The van der Waals surface area contributed by atoms with E-state index in [0.29, 0.717) is 11.6 Å². The van der Waals surface area contributed by atoms with Crippen molar-refractivity contribution in [2.75, 3.05) is 7.05 Å². The van der Waals surface area contributed by atoms with Crippen LogP contribution < -0.4 is 10.1 Å². The van der Waals surface area contributed by atoms with Crippen LogP contribution in [0.25, 0.3) is 0 Å². The molecular formula is C14H15ClN2O. The van der Waals surface area contributed by atoms with Gasteiger partial charge in [0.2, 0.25) is 0 Å². The van der Waals surface area contributed by atoms with E-state index in [1.165, 1.54) is 0 Å². The summed E-state index contributed by atoms with van der Waals surface area (Å²) < 4.78 is 5.81. The summed E-state index contributed by atoms with van der Waals surface area (Å²) in [5, 5.41) is 3.74. The molecule has 0 spiro atoms. The average Bonchev–Trinajstić information content (AvgIpc) is 2.40. The molecule has 0 unspecified atom stereocenters. The fourth-order valence-corrected chi connectivity index (χ4v) is 1.93. The van der Waals surface area contributed by atoms with Gasteiger partial charge in [0.05, 0.1) is 5.02 Å². The summed E-state index contributed by atoms with van der Waals surface area (Å²) in [4.78, 5) is 3.97. The van der Waals surface area contributed by atoms with Crippen LogP contribution >= 0.6 is 11.6 Å². The predicted octanol–water partition coefficient (Wildman–Crippen LogP) is 3.03. The van der Waals surface area contributed by atoms with Crippen LogP contribution in [0, 0.1) is 0 Å². The minimum atomic E-state index is 0.489. The molecular weight excluding hydrogens is 248 g/mol. The molecule has 1 aromatic carbocycles. The quantitative estimate of drug-likeness (QED) is 0.899. The molecule has 1 N–H and O–H groups in total. The molecule has 0 amide bonds. The second-order valence-electron chi connectivity index (χ2n) is 3.90. The van der Waals surface area contributed by atoms with Crippen LogP contribution in [0.3, 0.4) is 0 Å². The van der Waals surface area contributed by atoms with Crippen LogP contribution in [0.2, 0.25) is 5.02 Å². The molecule has 18 heavy (non-hydrogen) atoms. The first-order valence-corrected chi connectivity index (χ1v) is 6.12. The Morgan fingerprint density at radius 3 is 2.72 bits per heavy atom. The van der Waals surface area contributed by atoms with E-state index in [0.717, 1.165) is 23.4 Å². The van der Waals surface area contributed by atoms with Crippen LogP contribution in [0.15, 0.2) is 42.7 Å². The largest absolute Gasteiger partial charge is 0.487 e. The van der Waals surface area contributed by atoms with E-state index in [1.54, 1.807) is 12.4 Å². The van der Waals surface area contributed by atoms with Gasteiger partial charge in [0.25, 0.3) is 0 Å². The Morgan fingerprint density at radius 1 is 1.22 bits per heavy atom. The van der Waals surface area contributed by atoms with Gasteiger partial charge in [-0.3, -0.25) is 4.98 Å². The Morgan fingerprint density at radius 2 is 2.00 bits per heavy atom. The molecule has 2 rings (SSSR count). The highest BCUT2D eigenvalue weighted by atomic mass is 35.5. The zero-order valence-electron chi connectivity index (χ0n) is 10.2. The van der Waals surface area contributed by atoms with Crippen molar-refractivity contribution in [1.82, 2.24) is 10.3 Å². The Labute approximate surface area is 112 Å². The van der Waals surface area contributed by atoms with E-state index >= 15 is 0 Å². The molecule has 0 atom stereocenters. The highest BCUT2D eigenvalue weighted by molar-refractivity contribution is 6.32. The lowest BCUT2D eigenvalue weighted by Gasteiger charge is -2.12. The number of nitrogens with one attached hydrogen (secondary N) is 1. The second-order valence-corrected chi connectivity index (χ2v) is 4.31. The van der Waals surface area contributed by atoms with Gasteiger partial charge < -0.3 is 10.1 Å². The number of hydrogen-bond donors (Lipinski definition) is 1. The molecule has 0 aliphatic heterocycles. The number of aromatic nitrogens is 1. The lowest BCUT2D eigenvalue weighted by molar-refractivity contribution is 0.302. The van der Waals surface area contributed by atoms with E-state index < -0.39 is 0 Å². The molecule has 0 bridgehead atoms. The smallest absolute Gasteiger partial charge is 0.142 e. The second kappa shape index (κ2) is 6.38. The SMILES string of the molecule is CNCc1cccc(Cl)c1OCc1ccncc1. The van der Waals surface area contributed by atoms with Gasteiger partial charge in [0.15, 0.2) is 0 Å². The van der Waals surface area contributed by atoms with Gasteiger partial charge in [-0.1, -0.05) is 23.7 Å². The van der Waals surface area contributed by atoms with Crippen molar-refractivity contribution >= 4 is 11.6 Å². The number of halogens is 1. The molecule has 0 aliphatic rings. The van der Waals surface area contributed by atoms with Crippen LogP contribution in [0.5, 0.6) is 5.75 Å². The first-order chi connectivity index (χ1) is 8.81. The topological polar surface area (TPSA) is 34.1 Å². The van der Waals surface area contributed by atoms with E-state index in [2.05, 4.69) is 10.3 Å². The summed E-state index contributed by atoms with van der Waals surface area (Å²) in [5.41, 5.74) is 2.12. The van der Waals surface area contributed by atoms with Crippen LogP contribution in [0.1, 0.15) is 11.1 Å². The lowest BCUT2D eigenvalue weighted by atomic mass is 10.2. The monoisotopic (exact) mass is 262 g/mol. The van der Waals surface area contributed by atoms with Gasteiger partial charge in [-0.05, 0) is 30.8 Å². The van der Waals surface area contributed by atoms with E-state index in [1.807, 2.05) is 37.4 Å². The van der Waals surface area contributed by atoms with Gasteiger partial charge in [0.1, 0.15) is 12.4 Å². The third-order valence-corrected chi connectivity index (χ3v) is 2.85. The first-order valence-electron chi connectivity index (χ1n) is 5.75. The molecule has 94 valence electrons. The van der Waals surface area contributed by atoms with Gasteiger partial charge in [-0.25, -0.2) is 0 Å². The van der Waals surface area contributed by atoms with Crippen molar-refractivity contribution < 1.29 is 4.74 Å². The molecule has 4 heteroatoms. The molecule has 0 saturated heterocycles.